The lowest BCUT2D eigenvalue weighted by atomic mass is 9.76. The maximum Gasteiger partial charge on any atom is 0.338 e. The quantitative estimate of drug-likeness (QED) is 0.0850. The van der Waals surface area contributed by atoms with Gasteiger partial charge in [-0.25, -0.2) is 9.78 Å². The predicted octanol–water partition coefficient (Wildman–Crippen LogP) is 8.26. The number of imidazole rings is 1. The van der Waals surface area contributed by atoms with Gasteiger partial charge in [0.25, 0.3) is 0 Å². The van der Waals surface area contributed by atoms with Crippen molar-refractivity contribution in [1.29, 1.82) is 5.26 Å². The highest BCUT2D eigenvalue weighted by molar-refractivity contribution is 6.76. The molecule has 262 valence electrons. The van der Waals surface area contributed by atoms with Crippen LogP contribution in [0.3, 0.4) is 0 Å². The topological polar surface area (TPSA) is 116 Å². The first-order chi connectivity index (χ1) is 22.4. The third kappa shape index (κ3) is 9.96. The molecule has 10 heteroatoms. The average molecular weight is 677 g/mol. The fourth-order valence-electron chi connectivity index (χ4n) is 6.65. The van der Waals surface area contributed by atoms with Crippen molar-refractivity contribution < 1.29 is 23.8 Å². The average Bonchev–Trinajstić information content (AvgIpc) is 3.42. The van der Waals surface area contributed by atoms with Crippen LogP contribution >= 0.6 is 0 Å². The van der Waals surface area contributed by atoms with Crippen molar-refractivity contribution in [2.45, 2.75) is 142 Å². The first kappa shape index (κ1) is 37.7. The van der Waals surface area contributed by atoms with E-state index in [-0.39, 0.29) is 47.8 Å². The first-order valence-corrected chi connectivity index (χ1v) is 21.3. The van der Waals surface area contributed by atoms with Gasteiger partial charge in [0.15, 0.2) is 17.1 Å². The zero-order valence-corrected chi connectivity index (χ0v) is 31.7. The van der Waals surface area contributed by atoms with Gasteiger partial charge in [0.1, 0.15) is 12.8 Å². The lowest BCUT2D eigenvalue weighted by Gasteiger charge is -2.45. The number of ketones is 1. The SMILES string of the molecule is CCCCOC(=O)C1(C)CC(c2ccc(CC(=O)c3nc(C#N)cn3COCC[Si](C)(C)C)c(C3=CCC(C)(C)CC3)n2)CC(C)(C)O1. The van der Waals surface area contributed by atoms with Gasteiger partial charge < -0.3 is 18.8 Å². The minimum Gasteiger partial charge on any atom is -0.464 e. The van der Waals surface area contributed by atoms with Gasteiger partial charge in [0.05, 0.1) is 17.9 Å². The molecular formula is C38H56N4O5Si. The number of esters is 1. The van der Waals surface area contributed by atoms with Crippen LogP contribution in [0.25, 0.3) is 5.57 Å². The molecule has 0 N–H and O–H groups in total. The van der Waals surface area contributed by atoms with E-state index >= 15 is 0 Å². The molecule has 0 bridgehead atoms. The number of aromatic nitrogens is 3. The maximum absolute atomic E-state index is 13.9. The number of rotatable bonds is 14. The van der Waals surface area contributed by atoms with Crippen molar-refractivity contribution in [1.82, 2.24) is 14.5 Å². The van der Waals surface area contributed by atoms with Crippen LogP contribution in [0, 0.1) is 16.7 Å². The molecule has 0 saturated carbocycles. The van der Waals surface area contributed by atoms with E-state index in [9.17, 15) is 14.9 Å². The van der Waals surface area contributed by atoms with Crippen molar-refractivity contribution in [3.8, 4) is 6.07 Å². The van der Waals surface area contributed by atoms with E-state index in [4.69, 9.17) is 19.2 Å². The van der Waals surface area contributed by atoms with Gasteiger partial charge >= 0.3 is 5.97 Å². The Balaban J connectivity index is 1.64. The van der Waals surface area contributed by atoms with E-state index in [2.05, 4.69) is 57.5 Å². The molecule has 3 heterocycles. The van der Waals surface area contributed by atoms with Gasteiger partial charge in [-0.15, -0.1) is 0 Å². The molecule has 0 radical (unpaired) electrons. The van der Waals surface area contributed by atoms with Crippen molar-refractivity contribution in [2.24, 2.45) is 5.41 Å². The zero-order valence-electron chi connectivity index (χ0n) is 30.7. The number of carbonyl (C=O) groups excluding carboxylic acids is 2. The van der Waals surface area contributed by atoms with Crippen LogP contribution in [0.15, 0.2) is 24.4 Å². The highest BCUT2D eigenvalue weighted by atomic mass is 28.3. The number of hydrogen-bond acceptors (Lipinski definition) is 8. The van der Waals surface area contributed by atoms with E-state index in [1.807, 2.05) is 32.9 Å². The van der Waals surface area contributed by atoms with Crippen LogP contribution in [-0.4, -0.2) is 58.8 Å². The number of ether oxygens (including phenoxy) is 3. The molecule has 1 fully saturated rings. The van der Waals surface area contributed by atoms with Gasteiger partial charge in [-0.05, 0) is 88.0 Å². The van der Waals surface area contributed by atoms with Crippen molar-refractivity contribution >= 4 is 25.4 Å². The lowest BCUT2D eigenvalue weighted by molar-refractivity contribution is -0.205. The normalized spacial score (nSPS) is 22.1. The summed E-state index contributed by atoms with van der Waals surface area (Å²) in [5, 5.41) is 9.57. The summed E-state index contributed by atoms with van der Waals surface area (Å²) < 4.78 is 19.6. The minimum absolute atomic E-state index is 0.0352. The third-order valence-electron chi connectivity index (χ3n) is 9.45. The molecule has 2 unspecified atom stereocenters. The molecule has 2 aromatic rings. The third-order valence-corrected chi connectivity index (χ3v) is 11.2. The first-order valence-electron chi connectivity index (χ1n) is 17.6. The Morgan fingerprint density at radius 1 is 1.10 bits per heavy atom. The minimum atomic E-state index is -1.27. The van der Waals surface area contributed by atoms with Gasteiger partial charge in [-0.1, -0.05) is 59.0 Å². The number of hydrogen-bond donors (Lipinski definition) is 0. The molecule has 1 aliphatic heterocycles. The lowest BCUT2D eigenvalue weighted by Crippen LogP contribution is -2.52. The molecule has 2 atom stereocenters. The largest absolute Gasteiger partial charge is 0.464 e. The molecule has 4 rings (SSSR count). The summed E-state index contributed by atoms with van der Waals surface area (Å²) in [6.07, 6.45) is 9.70. The summed E-state index contributed by atoms with van der Waals surface area (Å²) in [6, 6.07) is 7.09. The molecule has 1 saturated heterocycles. The Morgan fingerprint density at radius 2 is 1.85 bits per heavy atom. The monoisotopic (exact) mass is 676 g/mol. The number of pyridine rings is 1. The fraction of sp³-hybridized carbons (Fsp3) is 0.658. The van der Waals surface area contributed by atoms with Gasteiger partial charge in [-0.2, -0.15) is 5.26 Å². The second-order valence-corrected chi connectivity index (χ2v) is 22.1. The van der Waals surface area contributed by atoms with E-state index in [1.54, 1.807) is 10.8 Å². The molecule has 2 aromatic heterocycles. The smallest absolute Gasteiger partial charge is 0.338 e. The van der Waals surface area contributed by atoms with E-state index in [1.165, 1.54) is 0 Å². The number of allylic oxidation sites excluding steroid dienone is 2. The second kappa shape index (κ2) is 15.2. The molecule has 2 aliphatic rings. The Labute approximate surface area is 288 Å². The van der Waals surface area contributed by atoms with Crippen molar-refractivity contribution in [3.05, 3.63) is 52.9 Å². The summed E-state index contributed by atoms with van der Waals surface area (Å²) in [7, 11) is -1.27. The van der Waals surface area contributed by atoms with E-state index in [0.29, 0.717) is 26.1 Å². The molecule has 9 nitrogen and oxygen atoms in total. The van der Waals surface area contributed by atoms with Crippen molar-refractivity contribution in [2.75, 3.05) is 13.2 Å². The maximum atomic E-state index is 13.9. The van der Waals surface area contributed by atoms with Gasteiger partial charge in [0, 0.05) is 38.9 Å². The Kier molecular flexibility index (Phi) is 11.9. The van der Waals surface area contributed by atoms with Crippen LogP contribution < -0.4 is 0 Å². The standard InChI is InChI=1S/C38H56N4O5Si/c1-10-11-18-46-35(44)38(6)23-29(22-37(4,5)47-38)31-13-12-28(33(41-31)27-14-16-36(2,3)17-15-27)21-32(43)34-40-30(24-39)25-42(34)26-45-19-20-48(7,8)9/h12-14,25,29H,10-11,15-23,26H2,1-9H3. The second-order valence-electron chi connectivity index (χ2n) is 16.5. The van der Waals surface area contributed by atoms with Crippen LogP contribution in [0.4, 0.5) is 0 Å². The van der Waals surface area contributed by atoms with E-state index < -0.39 is 19.3 Å². The molecule has 0 aromatic carbocycles. The fourth-order valence-corrected chi connectivity index (χ4v) is 7.41. The number of Topliss-reactive ketones (excluding diaryl/α,β-unsaturated/α-hetero) is 1. The van der Waals surface area contributed by atoms with Crippen LogP contribution in [0.5, 0.6) is 0 Å². The zero-order chi connectivity index (χ0) is 35.3. The number of carbonyl (C=O) groups is 2. The highest BCUT2D eigenvalue weighted by Crippen LogP contribution is 2.45. The number of unbranched alkanes of at least 4 members (excludes halogenated alkanes) is 1. The summed E-state index contributed by atoms with van der Waals surface area (Å²) in [5.74, 6) is -0.332. The highest BCUT2D eigenvalue weighted by Gasteiger charge is 2.48. The molecular weight excluding hydrogens is 621 g/mol. The summed E-state index contributed by atoms with van der Waals surface area (Å²) in [5.41, 5.74) is 2.44. The number of nitrogens with zero attached hydrogens (tertiary/aromatic N) is 4. The molecule has 1 aliphatic carbocycles. The Bertz CT molecular complexity index is 1550. The Hall–Kier alpha value is -3.13. The predicted molar refractivity (Wildman–Crippen MR) is 190 cm³/mol. The van der Waals surface area contributed by atoms with Gasteiger partial charge in [-0.3, -0.25) is 9.78 Å². The molecule has 0 amide bonds. The summed E-state index contributed by atoms with van der Waals surface area (Å²) in [6.45, 7) is 20.5. The van der Waals surface area contributed by atoms with E-state index in [0.717, 1.165) is 60.7 Å². The summed E-state index contributed by atoms with van der Waals surface area (Å²) >= 11 is 0. The van der Waals surface area contributed by atoms with Crippen LogP contribution in [0.2, 0.25) is 25.7 Å². The van der Waals surface area contributed by atoms with Crippen LogP contribution in [-0.2, 0) is 32.2 Å². The van der Waals surface area contributed by atoms with Crippen molar-refractivity contribution in [3.63, 3.8) is 0 Å². The number of nitriles is 1. The summed E-state index contributed by atoms with van der Waals surface area (Å²) in [4.78, 5) is 36.8. The Morgan fingerprint density at radius 3 is 2.50 bits per heavy atom. The van der Waals surface area contributed by atoms with Gasteiger partial charge in [0.2, 0.25) is 5.78 Å². The van der Waals surface area contributed by atoms with Crippen LogP contribution in [0.1, 0.15) is 126 Å². The molecule has 48 heavy (non-hydrogen) atoms. The molecule has 0 spiro atoms.